The zero-order valence-electron chi connectivity index (χ0n) is 13.7. The smallest absolute Gasteiger partial charge is 0.255 e. The van der Waals surface area contributed by atoms with Crippen molar-refractivity contribution in [1.82, 2.24) is 19.8 Å². The number of nitrogens with zero attached hydrogens (tertiary/aromatic N) is 4. The summed E-state index contributed by atoms with van der Waals surface area (Å²) in [5.41, 5.74) is 4.99. The summed E-state index contributed by atoms with van der Waals surface area (Å²) in [7, 11) is 3.46. The first-order chi connectivity index (χ1) is 10.9. The average molecular weight is 323 g/mol. The quantitative estimate of drug-likeness (QED) is 0.696. The van der Waals surface area contributed by atoms with Crippen LogP contribution in [0.3, 0.4) is 0 Å². The summed E-state index contributed by atoms with van der Waals surface area (Å²) in [5.74, 6) is 0.00693. The maximum Gasteiger partial charge on any atom is 0.255 e. The average Bonchev–Trinajstić information content (AvgIpc) is 2.51. The van der Waals surface area contributed by atoms with Crippen LogP contribution in [0, 0.1) is 0 Å². The molecule has 3 N–H and O–H groups in total. The van der Waals surface area contributed by atoms with Crippen molar-refractivity contribution in [3.63, 3.8) is 0 Å². The Bertz CT molecular complexity index is 524. The van der Waals surface area contributed by atoms with Crippen molar-refractivity contribution in [2.24, 2.45) is 0 Å². The monoisotopic (exact) mass is 323 g/mol. The number of carbonyl (C=O) groups excluding carboxylic acids is 1. The number of amides is 1. The number of aliphatic hydroxyl groups is 1. The van der Waals surface area contributed by atoms with Crippen LogP contribution in [0.4, 0.5) is 5.95 Å². The van der Waals surface area contributed by atoms with Gasteiger partial charge < -0.3 is 20.5 Å². The van der Waals surface area contributed by atoms with Crippen molar-refractivity contribution >= 4 is 11.9 Å². The second-order valence-electron chi connectivity index (χ2n) is 6.04. The predicted octanol–water partition coefficient (Wildman–Crippen LogP) is -0.509. The molecule has 0 spiro atoms. The molecule has 8 heteroatoms. The summed E-state index contributed by atoms with van der Waals surface area (Å²) < 4.78 is 5.02. The molecule has 0 aliphatic carbocycles. The fourth-order valence-electron chi connectivity index (χ4n) is 2.89. The first kappa shape index (κ1) is 17.6. The Balaban J connectivity index is 1.95. The lowest BCUT2D eigenvalue weighted by Gasteiger charge is -2.40. The minimum absolute atomic E-state index is 0.221. The van der Waals surface area contributed by atoms with Crippen molar-refractivity contribution < 1.29 is 14.6 Å². The summed E-state index contributed by atoms with van der Waals surface area (Å²) in [6.07, 6.45) is 4.55. The van der Waals surface area contributed by atoms with E-state index in [2.05, 4.69) is 9.97 Å². The highest BCUT2D eigenvalue weighted by Crippen LogP contribution is 2.24. The number of likely N-dealkylation sites (N-methyl/N-ethyl adjacent to an activating group) is 1. The van der Waals surface area contributed by atoms with Crippen LogP contribution in [-0.2, 0) is 16.1 Å². The molecule has 1 aromatic rings. The molecular formula is C15H25N5O3. The molecule has 0 saturated carbocycles. The fraction of sp³-hybridized carbons (Fsp3) is 0.667. The number of ether oxygens (including phenoxy) is 1. The first-order valence-corrected chi connectivity index (χ1v) is 7.70. The normalized spacial score (nSPS) is 21.9. The largest absolute Gasteiger partial charge is 0.383 e. The van der Waals surface area contributed by atoms with Crippen molar-refractivity contribution in [1.29, 1.82) is 0 Å². The first-order valence-electron chi connectivity index (χ1n) is 7.70. The molecule has 0 aromatic carbocycles. The van der Waals surface area contributed by atoms with E-state index >= 15 is 0 Å². The third-order valence-corrected chi connectivity index (χ3v) is 3.98. The number of rotatable bonds is 7. The molecule has 2 heterocycles. The van der Waals surface area contributed by atoms with Gasteiger partial charge >= 0.3 is 0 Å². The topological polar surface area (TPSA) is 105 Å². The van der Waals surface area contributed by atoms with Gasteiger partial charge in [-0.2, -0.15) is 0 Å². The minimum atomic E-state index is -1.35. The van der Waals surface area contributed by atoms with E-state index in [0.717, 1.165) is 12.0 Å². The third kappa shape index (κ3) is 4.60. The minimum Gasteiger partial charge on any atom is -0.383 e. The van der Waals surface area contributed by atoms with Crippen LogP contribution in [0.2, 0.25) is 0 Å². The van der Waals surface area contributed by atoms with E-state index in [9.17, 15) is 9.90 Å². The number of likely N-dealkylation sites (tertiary alicyclic amines) is 1. The van der Waals surface area contributed by atoms with Gasteiger partial charge in [0.25, 0.3) is 5.91 Å². The Morgan fingerprint density at radius 3 is 2.83 bits per heavy atom. The summed E-state index contributed by atoms with van der Waals surface area (Å²) in [5, 5.41) is 10.8. The number of nitrogen functional groups attached to an aromatic ring is 1. The molecule has 8 nitrogen and oxygen atoms in total. The van der Waals surface area contributed by atoms with E-state index in [1.165, 1.54) is 0 Å². The zero-order valence-corrected chi connectivity index (χ0v) is 13.7. The lowest BCUT2D eigenvalue weighted by Crippen LogP contribution is -2.58. The van der Waals surface area contributed by atoms with E-state index in [1.807, 2.05) is 11.9 Å². The summed E-state index contributed by atoms with van der Waals surface area (Å²) in [6, 6.07) is 0. The number of hydrogen-bond donors (Lipinski definition) is 2. The number of methoxy groups -OCH3 is 1. The highest BCUT2D eigenvalue weighted by Gasteiger charge is 2.42. The van der Waals surface area contributed by atoms with Crippen LogP contribution in [0.5, 0.6) is 0 Å². The number of carbonyl (C=O) groups is 1. The molecule has 1 saturated heterocycles. The van der Waals surface area contributed by atoms with Crippen molar-refractivity contribution in [2.75, 3.05) is 46.1 Å². The summed E-state index contributed by atoms with van der Waals surface area (Å²) in [4.78, 5) is 24.0. The van der Waals surface area contributed by atoms with Crippen LogP contribution in [0.15, 0.2) is 12.4 Å². The van der Waals surface area contributed by atoms with Gasteiger partial charge in [0.05, 0.1) is 6.61 Å². The number of hydrogen-bond acceptors (Lipinski definition) is 7. The maximum absolute atomic E-state index is 12.5. The van der Waals surface area contributed by atoms with Crippen LogP contribution >= 0.6 is 0 Å². The Morgan fingerprint density at radius 2 is 2.17 bits per heavy atom. The molecule has 1 aliphatic rings. The Labute approximate surface area is 136 Å². The van der Waals surface area contributed by atoms with Crippen LogP contribution < -0.4 is 5.73 Å². The van der Waals surface area contributed by atoms with E-state index in [0.29, 0.717) is 32.7 Å². The van der Waals surface area contributed by atoms with Gasteiger partial charge in [-0.05, 0) is 19.9 Å². The molecule has 0 radical (unpaired) electrons. The highest BCUT2D eigenvalue weighted by atomic mass is 16.5. The highest BCUT2D eigenvalue weighted by molar-refractivity contribution is 5.86. The van der Waals surface area contributed by atoms with E-state index in [-0.39, 0.29) is 18.4 Å². The third-order valence-electron chi connectivity index (χ3n) is 3.98. The van der Waals surface area contributed by atoms with Gasteiger partial charge in [-0.1, -0.05) is 0 Å². The Hall–Kier alpha value is -1.77. The maximum atomic E-state index is 12.5. The van der Waals surface area contributed by atoms with Crippen LogP contribution in [0.25, 0.3) is 0 Å². The van der Waals surface area contributed by atoms with Gasteiger partial charge in [0.2, 0.25) is 5.95 Å². The number of anilines is 1. The molecule has 1 amide bonds. The van der Waals surface area contributed by atoms with Gasteiger partial charge in [0.1, 0.15) is 0 Å². The van der Waals surface area contributed by atoms with E-state index < -0.39 is 5.60 Å². The van der Waals surface area contributed by atoms with E-state index in [4.69, 9.17) is 10.5 Å². The number of aromatic nitrogens is 2. The standard InChI is InChI=1S/C15H25N5O3/c1-19(10-12-8-17-14(16)18-9-12)11-15(22)4-3-5-20(13(15)21)6-7-23-2/h8-9,22H,3-7,10-11H2,1-2H3,(H2,16,17,18)/t15-/m1/s1. The van der Waals surface area contributed by atoms with Gasteiger partial charge in [0, 0.05) is 51.2 Å². The lowest BCUT2D eigenvalue weighted by molar-refractivity contribution is -0.159. The van der Waals surface area contributed by atoms with Gasteiger partial charge in [-0.25, -0.2) is 9.97 Å². The molecule has 0 unspecified atom stereocenters. The molecule has 1 aromatic heterocycles. The second-order valence-corrected chi connectivity index (χ2v) is 6.04. The number of nitrogens with two attached hydrogens (primary N) is 1. The van der Waals surface area contributed by atoms with Gasteiger partial charge in [0.15, 0.2) is 5.60 Å². The fourth-order valence-corrected chi connectivity index (χ4v) is 2.89. The lowest BCUT2D eigenvalue weighted by atomic mass is 9.91. The molecule has 0 bridgehead atoms. The zero-order chi connectivity index (χ0) is 16.9. The molecule has 1 aliphatic heterocycles. The molecule has 2 rings (SSSR count). The predicted molar refractivity (Wildman–Crippen MR) is 85.4 cm³/mol. The Kier molecular flexibility index (Phi) is 5.86. The molecule has 1 fully saturated rings. The van der Waals surface area contributed by atoms with Crippen LogP contribution in [0.1, 0.15) is 18.4 Å². The SMILES string of the molecule is COCCN1CCC[C@@](O)(CN(C)Cc2cnc(N)nc2)C1=O. The van der Waals surface area contributed by atoms with Crippen molar-refractivity contribution in [3.05, 3.63) is 18.0 Å². The van der Waals surface area contributed by atoms with E-state index in [1.54, 1.807) is 24.4 Å². The second kappa shape index (κ2) is 7.67. The molecular weight excluding hydrogens is 298 g/mol. The summed E-state index contributed by atoms with van der Waals surface area (Å²) in [6.45, 7) is 2.45. The van der Waals surface area contributed by atoms with Crippen molar-refractivity contribution in [3.8, 4) is 0 Å². The van der Waals surface area contributed by atoms with Gasteiger partial charge in [-0.15, -0.1) is 0 Å². The van der Waals surface area contributed by atoms with Crippen molar-refractivity contribution in [2.45, 2.75) is 25.0 Å². The molecule has 23 heavy (non-hydrogen) atoms. The molecule has 128 valence electrons. The number of piperidine rings is 1. The Morgan fingerprint density at radius 1 is 1.48 bits per heavy atom. The molecule has 1 atom stereocenters. The summed E-state index contributed by atoms with van der Waals surface area (Å²) >= 11 is 0. The van der Waals surface area contributed by atoms with Gasteiger partial charge in [-0.3, -0.25) is 9.69 Å². The van der Waals surface area contributed by atoms with Crippen LogP contribution in [-0.4, -0.2) is 76.8 Å².